The molecule has 0 aliphatic rings. The molecule has 0 saturated heterocycles. The Hall–Kier alpha value is -0.860. The lowest BCUT2D eigenvalue weighted by molar-refractivity contribution is 0.0955. The van der Waals surface area contributed by atoms with Gasteiger partial charge in [-0.1, -0.05) is 36.8 Å². The average molecular weight is 235 g/mol. The third-order valence-corrected chi connectivity index (χ3v) is 3.08. The van der Waals surface area contributed by atoms with E-state index in [1.54, 1.807) is 0 Å². The van der Waals surface area contributed by atoms with Crippen molar-refractivity contribution in [3.05, 3.63) is 35.4 Å². The van der Waals surface area contributed by atoms with Crippen LogP contribution in [0.15, 0.2) is 24.3 Å². The van der Waals surface area contributed by atoms with Crippen molar-refractivity contribution in [3.63, 3.8) is 0 Å². The van der Waals surface area contributed by atoms with Crippen molar-refractivity contribution >= 4 is 0 Å². The normalized spacial score (nSPS) is 13.4. The minimum Gasteiger partial charge on any atom is -0.387 e. The predicted octanol–water partition coefficient (Wildman–Crippen LogP) is 3.15. The van der Waals surface area contributed by atoms with Gasteiger partial charge in [0.05, 0.1) is 6.10 Å². The summed E-state index contributed by atoms with van der Waals surface area (Å²) in [5.74, 6) is 0. The van der Waals surface area contributed by atoms with E-state index in [1.165, 1.54) is 5.56 Å². The number of rotatable bonds is 6. The Morgan fingerprint density at radius 1 is 1.29 bits per heavy atom. The molecule has 0 aromatic heterocycles. The Kier molecular flexibility index (Phi) is 5.66. The molecule has 0 spiro atoms. The highest BCUT2D eigenvalue weighted by atomic mass is 16.3. The Morgan fingerprint density at radius 2 is 2.00 bits per heavy atom. The van der Waals surface area contributed by atoms with E-state index in [-0.39, 0.29) is 6.10 Å². The average Bonchev–Trinajstić information content (AvgIpc) is 2.28. The van der Waals surface area contributed by atoms with Gasteiger partial charge < -0.3 is 5.11 Å². The second-order valence-corrected chi connectivity index (χ2v) is 5.02. The fraction of sp³-hybridized carbons (Fsp3) is 0.600. The van der Waals surface area contributed by atoms with Crippen LogP contribution < -0.4 is 0 Å². The van der Waals surface area contributed by atoms with Crippen molar-refractivity contribution in [1.29, 1.82) is 0 Å². The van der Waals surface area contributed by atoms with Crippen molar-refractivity contribution in [2.75, 3.05) is 13.1 Å². The van der Waals surface area contributed by atoms with Gasteiger partial charge in [0.15, 0.2) is 0 Å². The highest BCUT2D eigenvalue weighted by Gasteiger charge is 2.15. The maximum atomic E-state index is 10.2. The molecular weight excluding hydrogens is 210 g/mol. The summed E-state index contributed by atoms with van der Waals surface area (Å²) in [7, 11) is 0. The summed E-state index contributed by atoms with van der Waals surface area (Å²) in [5.41, 5.74) is 2.22. The first kappa shape index (κ1) is 14.2. The first-order chi connectivity index (χ1) is 8.04. The van der Waals surface area contributed by atoms with Crippen LogP contribution in [-0.2, 0) is 0 Å². The summed E-state index contributed by atoms with van der Waals surface area (Å²) in [5, 5.41) is 10.2. The van der Waals surface area contributed by atoms with Crippen LogP contribution in [0.5, 0.6) is 0 Å². The van der Waals surface area contributed by atoms with Crippen molar-refractivity contribution in [2.45, 2.75) is 46.3 Å². The van der Waals surface area contributed by atoms with Gasteiger partial charge in [-0.3, -0.25) is 4.90 Å². The highest BCUT2D eigenvalue weighted by Crippen LogP contribution is 2.17. The van der Waals surface area contributed by atoms with Crippen molar-refractivity contribution in [2.24, 2.45) is 0 Å². The third kappa shape index (κ3) is 4.49. The van der Waals surface area contributed by atoms with E-state index in [2.05, 4.69) is 44.7 Å². The first-order valence-corrected chi connectivity index (χ1v) is 6.53. The van der Waals surface area contributed by atoms with Crippen LogP contribution in [0.3, 0.4) is 0 Å². The van der Waals surface area contributed by atoms with E-state index in [0.717, 1.165) is 25.1 Å². The Balaban J connectivity index is 2.66. The number of aliphatic hydroxyl groups is 1. The molecule has 1 atom stereocenters. The minimum absolute atomic E-state index is 0.385. The fourth-order valence-electron chi connectivity index (χ4n) is 2.05. The lowest BCUT2D eigenvalue weighted by Gasteiger charge is -2.28. The number of aryl methyl sites for hydroxylation is 1. The number of benzene rings is 1. The first-order valence-electron chi connectivity index (χ1n) is 6.53. The van der Waals surface area contributed by atoms with Gasteiger partial charge in [0.2, 0.25) is 0 Å². The van der Waals surface area contributed by atoms with Crippen LogP contribution in [0.25, 0.3) is 0 Å². The van der Waals surface area contributed by atoms with Crippen LogP contribution in [-0.4, -0.2) is 29.1 Å². The Labute approximate surface area is 105 Å². The zero-order valence-corrected chi connectivity index (χ0v) is 11.5. The van der Waals surface area contributed by atoms with Crippen LogP contribution in [0.1, 0.15) is 44.4 Å². The molecule has 1 N–H and O–H groups in total. The molecule has 0 radical (unpaired) electrons. The zero-order valence-electron chi connectivity index (χ0n) is 11.5. The largest absolute Gasteiger partial charge is 0.387 e. The van der Waals surface area contributed by atoms with Gasteiger partial charge >= 0.3 is 0 Å². The Bertz CT molecular complexity index is 335. The molecule has 0 fully saturated rings. The number of aliphatic hydroxyl groups excluding tert-OH is 1. The maximum absolute atomic E-state index is 10.2. The van der Waals surface area contributed by atoms with Gasteiger partial charge in [0.25, 0.3) is 0 Å². The van der Waals surface area contributed by atoms with Crippen molar-refractivity contribution in [3.8, 4) is 0 Å². The van der Waals surface area contributed by atoms with Gasteiger partial charge in [-0.05, 0) is 39.3 Å². The topological polar surface area (TPSA) is 23.5 Å². The fourth-order valence-corrected chi connectivity index (χ4v) is 2.05. The lowest BCUT2D eigenvalue weighted by Crippen LogP contribution is -2.35. The molecule has 0 amide bonds. The molecular formula is C15H25NO. The number of hydrogen-bond donors (Lipinski definition) is 1. The molecule has 1 aromatic rings. The van der Waals surface area contributed by atoms with Crippen LogP contribution in [0.2, 0.25) is 0 Å². The summed E-state index contributed by atoms with van der Waals surface area (Å²) in [4.78, 5) is 2.33. The summed E-state index contributed by atoms with van der Waals surface area (Å²) < 4.78 is 0. The van der Waals surface area contributed by atoms with E-state index in [4.69, 9.17) is 0 Å². The summed E-state index contributed by atoms with van der Waals surface area (Å²) in [6.45, 7) is 10.4. The highest BCUT2D eigenvalue weighted by molar-refractivity contribution is 5.24. The molecule has 96 valence electrons. The van der Waals surface area contributed by atoms with E-state index >= 15 is 0 Å². The summed E-state index contributed by atoms with van der Waals surface area (Å²) >= 11 is 0. The standard InChI is InChI=1S/C15H25NO/c1-5-9-16(12(2)3)11-15(17)14-8-6-7-13(4)10-14/h6-8,10,12,15,17H,5,9,11H2,1-4H3. The predicted molar refractivity (Wildman–Crippen MR) is 73.1 cm³/mol. The van der Waals surface area contributed by atoms with E-state index in [1.807, 2.05) is 12.1 Å². The van der Waals surface area contributed by atoms with Gasteiger partial charge in [0.1, 0.15) is 0 Å². The molecule has 1 unspecified atom stereocenters. The van der Waals surface area contributed by atoms with Crippen LogP contribution in [0.4, 0.5) is 0 Å². The molecule has 0 heterocycles. The molecule has 0 saturated carbocycles. The van der Waals surface area contributed by atoms with E-state index in [0.29, 0.717) is 6.04 Å². The molecule has 0 aliphatic heterocycles. The van der Waals surface area contributed by atoms with E-state index in [9.17, 15) is 5.11 Å². The molecule has 17 heavy (non-hydrogen) atoms. The molecule has 2 nitrogen and oxygen atoms in total. The van der Waals surface area contributed by atoms with Crippen molar-refractivity contribution in [1.82, 2.24) is 4.90 Å². The van der Waals surface area contributed by atoms with Gasteiger partial charge in [-0.2, -0.15) is 0 Å². The molecule has 0 bridgehead atoms. The lowest BCUT2D eigenvalue weighted by atomic mass is 10.1. The number of hydrogen-bond acceptors (Lipinski definition) is 2. The smallest absolute Gasteiger partial charge is 0.0917 e. The Morgan fingerprint density at radius 3 is 2.53 bits per heavy atom. The molecule has 2 heteroatoms. The number of nitrogens with zero attached hydrogens (tertiary/aromatic N) is 1. The van der Waals surface area contributed by atoms with Gasteiger partial charge in [-0.25, -0.2) is 0 Å². The summed E-state index contributed by atoms with van der Waals surface area (Å²) in [6.07, 6.45) is 0.738. The monoisotopic (exact) mass is 235 g/mol. The second kappa shape index (κ2) is 6.77. The zero-order chi connectivity index (χ0) is 12.8. The summed E-state index contributed by atoms with van der Waals surface area (Å²) in [6, 6.07) is 8.61. The minimum atomic E-state index is -0.385. The molecule has 1 aromatic carbocycles. The van der Waals surface area contributed by atoms with Gasteiger partial charge in [-0.15, -0.1) is 0 Å². The third-order valence-electron chi connectivity index (χ3n) is 3.08. The quantitative estimate of drug-likeness (QED) is 0.818. The maximum Gasteiger partial charge on any atom is 0.0917 e. The van der Waals surface area contributed by atoms with Crippen LogP contribution in [0, 0.1) is 6.92 Å². The van der Waals surface area contributed by atoms with Crippen LogP contribution >= 0.6 is 0 Å². The van der Waals surface area contributed by atoms with Crippen molar-refractivity contribution < 1.29 is 5.11 Å². The van der Waals surface area contributed by atoms with Gasteiger partial charge in [0, 0.05) is 12.6 Å². The SMILES string of the molecule is CCCN(CC(O)c1cccc(C)c1)C(C)C. The van der Waals surface area contributed by atoms with E-state index < -0.39 is 0 Å². The molecule has 0 aliphatic carbocycles. The second-order valence-electron chi connectivity index (χ2n) is 5.02. The molecule has 1 rings (SSSR count).